The molecular formula is C9H10BrNO2. The summed E-state index contributed by atoms with van der Waals surface area (Å²) in [5.74, 6) is -0.136. The zero-order valence-electron chi connectivity index (χ0n) is 6.96. The van der Waals surface area contributed by atoms with Gasteiger partial charge in [-0.05, 0) is 24.7 Å². The first kappa shape index (κ1) is 10.2. The Hall–Kier alpha value is -0.870. The Labute approximate surface area is 84.7 Å². The maximum Gasteiger partial charge on any atom is 0.167 e. The highest BCUT2D eigenvalue weighted by Crippen LogP contribution is 2.22. The molecule has 1 aromatic rings. The quantitative estimate of drug-likeness (QED) is 0.795. The van der Waals surface area contributed by atoms with Crippen LogP contribution in [0, 0.1) is 0 Å². The van der Waals surface area contributed by atoms with E-state index in [0.29, 0.717) is 12.1 Å². The second kappa shape index (κ2) is 4.39. The largest absolute Gasteiger partial charge is 0.507 e. The number of hydrogen-bond acceptors (Lipinski definition) is 3. The second-order valence-corrected chi connectivity index (χ2v) is 3.54. The lowest BCUT2D eigenvalue weighted by molar-refractivity contribution is 0.0983. The molecule has 0 spiro atoms. The Kier molecular flexibility index (Phi) is 3.45. The van der Waals surface area contributed by atoms with E-state index in [1.54, 1.807) is 12.1 Å². The SMILES string of the molecule is NCCC(=O)c1cc(Br)ccc1O. The maximum absolute atomic E-state index is 11.4. The molecule has 0 unspecified atom stereocenters. The molecule has 0 atom stereocenters. The summed E-state index contributed by atoms with van der Waals surface area (Å²) in [5.41, 5.74) is 5.56. The van der Waals surface area contributed by atoms with Crippen molar-refractivity contribution in [1.82, 2.24) is 0 Å². The predicted molar refractivity (Wildman–Crippen MR) is 53.8 cm³/mol. The average Bonchev–Trinajstić information content (AvgIpc) is 2.09. The van der Waals surface area contributed by atoms with E-state index in [9.17, 15) is 9.90 Å². The summed E-state index contributed by atoms with van der Waals surface area (Å²) in [6.07, 6.45) is 0.254. The monoisotopic (exact) mass is 243 g/mol. The molecule has 0 saturated carbocycles. The minimum atomic E-state index is -0.138. The van der Waals surface area contributed by atoms with Crippen LogP contribution in [-0.2, 0) is 0 Å². The van der Waals surface area contributed by atoms with Crippen LogP contribution in [0.3, 0.4) is 0 Å². The van der Waals surface area contributed by atoms with Crippen molar-refractivity contribution in [3.63, 3.8) is 0 Å². The number of carbonyl (C=O) groups excluding carboxylic acids is 1. The minimum absolute atomic E-state index is 0.00153. The molecule has 1 rings (SSSR count). The van der Waals surface area contributed by atoms with Crippen molar-refractivity contribution >= 4 is 21.7 Å². The van der Waals surface area contributed by atoms with Crippen molar-refractivity contribution in [2.24, 2.45) is 5.73 Å². The van der Waals surface area contributed by atoms with Crippen molar-refractivity contribution in [3.05, 3.63) is 28.2 Å². The molecule has 0 aliphatic heterocycles. The molecule has 3 nitrogen and oxygen atoms in total. The molecule has 0 radical (unpaired) electrons. The van der Waals surface area contributed by atoms with Gasteiger partial charge in [0.15, 0.2) is 5.78 Å². The molecule has 0 heterocycles. The molecule has 0 saturated heterocycles. The minimum Gasteiger partial charge on any atom is -0.507 e. The Balaban J connectivity index is 2.99. The normalized spacial score (nSPS) is 10.0. The van der Waals surface area contributed by atoms with Crippen LogP contribution in [0.4, 0.5) is 0 Å². The van der Waals surface area contributed by atoms with E-state index in [0.717, 1.165) is 4.47 Å². The lowest BCUT2D eigenvalue weighted by Gasteiger charge is -2.02. The summed E-state index contributed by atoms with van der Waals surface area (Å²) in [4.78, 5) is 11.4. The number of ketones is 1. The number of phenolic OH excluding ortho intramolecular Hbond substituents is 1. The number of halogens is 1. The lowest BCUT2D eigenvalue weighted by atomic mass is 10.1. The highest BCUT2D eigenvalue weighted by Gasteiger charge is 2.09. The first-order valence-corrected chi connectivity index (χ1v) is 4.66. The zero-order chi connectivity index (χ0) is 9.84. The smallest absolute Gasteiger partial charge is 0.167 e. The molecule has 0 aromatic heterocycles. The van der Waals surface area contributed by atoms with Crippen LogP contribution < -0.4 is 5.73 Å². The van der Waals surface area contributed by atoms with Crippen molar-refractivity contribution in [1.29, 1.82) is 0 Å². The topological polar surface area (TPSA) is 63.3 Å². The molecule has 0 amide bonds. The summed E-state index contributed by atoms with van der Waals surface area (Å²) >= 11 is 3.22. The van der Waals surface area contributed by atoms with Gasteiger partial charge in [-0.2, -0.15) is 0 Å². The van der Waals surface area contributed by atoms with E-state index in [1.807, 2.05) is 0 Å². The standard InChI is InChI=1S/C9H10BrNO2/c10-6-1-2-8(12)7(5-6)9(13)3-4-11/h1-2,5,12H,3-4,11H2. The van der Waals surface area contributed by atoms with Gasteiger partial charge in [0.25, 0.3) is 0 Å². The van der Waals surface area contributed by atoms with E-state index in [-0.39, 0.29) is 18.0 Å². The van der Waals surface area contributed by atoms with E-state index < -0.39 is 0 Å². The van der Waals surface area contributed by atoms with Crippen molar-refractivity contribution in [2.45, 2.75) is 6.42 Å². The lowest BCUT2D eigenvalue weighted by Crippen LogP contribution is -2.08. The van der Waals surface area contributed by atoms with Crippen LogP contribution in [0.15, 0.2) is 22.7 Å². The first-order valence-electron chi connectivity index (χ1n) is 3.87. The van der Waals surface area contributed by atoms with E-state index in [2.05, 4.69) is 15.9 Å². The number of benzene rings is 1. The van der Waals surface area contributed by atoms with Gasteiger partial charge in [-0.25, -0.2) is 0 Å². The molecule has 4 heteroatoms. The average molecular weight is 244 g/mol. The highest BCUT2D eigenvalue weighted by atomic mass is 79.9. The molecule has 0 aliphatic carbocycles. The van der Waals surface area contributed by atoms with Gasteiger partial charge in [0.05, 0.1) is 5.56 Å². The van der Waals surface area contributed by atoms with Gasteiger partial charge in [-0.15, -0.1) is 0 Å². The molecule has 1 aromatic carbocycles. The van der Waals surface area contributed by atoms with Gasteiger partial charge in [-0.3, -0.25) is 4.79 Å². The van der Waals surface area contributed by atoms with Gasteiger partial charge in [0.2, 0.25) is 0 Å². The zero-order valence-corrected chi connectivity index (χ0v) is 8.54. The van der Waals surface area contributed by atoms with Gasteiger partial charge in [0.1, 0.15) is 5.75 Å². The Morgan fingerprint density at radius 2 is 2.23 bits per heavy atom. The van der Waals surface area contributed by atoms with Crippen molar-refractivity contribution in [3.8, 4) is 5.75 Å². The Bertz CT molecular complexity index is 325. The number of aromatic hydroxyl groups is 1. The van der Waals surface area contributed by atoms with Crippen LogP contribution in [0.1, 0.15) is 16.8 Å². The highest BCUT2D eigenvalue weighted by molar-refractivity contribution is 9.10. The van der Waals surface area contributed by atoms with Crippen LogP contribution in [0.25, 0.3) is 0 Å². The molecule has 0 bridgehead atoms. The molecule has 13 heavy (non-hydrogen) atoms. The van der Waals surface area contributed by atoms with Crippen molar-refractivity contribution in [2.75, 3.05) is 6.54 Å². The summed E-state index contributed by atoms with van der Waals surface area (Å²) in [7, 11) is 0. The molecular weight excluding hydrogens is 234 g/mol. The number of phenols is 1. The molecule has 0 aliphatic rings. The predicted octanol–water partition coefficient (Wildman–Crippen LogP) is 1.69. The third-order valence-corrected chi connectivity index (χ3v) is 2.12. The van der Waals surface area contributed by atoms with Crippen LogP contribution in [0.5, 0.6) is 5.75 Å². The fourth-order valence-corrected chi connectivity index (χ4v) is 1.36. The molecule has 0 fully saturated rings. The summed E-state index contributed by atoms with van der Waals surface area (Å²) in [5, 5.41) is 9.35. The van der Waals surface area contributed by atoms with Crippen LogP contribution in [-0.4, -0.2) is 17.4 Å². The summed E-state index contributed by atoms with van der Waals surface area (Å²) in [6.45, 7) is 0.296. The molecule has 70 valence electrons. The Morgan fingerprint density at radius 3 is 2.85 bits per heavy atom. The fraction of sp³-hybridized carbons (Fsp3) is 0.222. The third-order valence-electron chi connectivity index (χ3n) is 1.63. The number of hydrogen-bond donors (Lipinski definition) is 2. The van der Waals surface area contributed by atoms with Gasteiger partial charge < -0.3 is 10.8 Å². The summed E-state index contributed by atoms with van der Waals surface area (Å²) < 4.78 is 0.769. The number of rotatable bonds is 3. The first-order chi connectivity index (χ1) is 6.15. The van der Waals surface area contributed by atoms with Crippen molar-refractivity contribution < 1.29 is 9.90 Å². The number of carbonyl (C=O) groups is 1. The maximum atomic E-state index is 11.4. The van der Waals surface area contributed by atoms with Crippen LogP contribution in [0.2, 0.25) is 0 Å². The van der Waals surface area contributed by atoms with E-state index in [1.165, 1.54) is 6.07 Å². The number of nitrogens with two attached hydrogens (primary N) is 1. The second-order valence-electron chi connectivity index (χ2n) is 2.62. The van der Waals surface area contributed by atoms with Gasteiger partial charge in [-0.1, -0.05) is 15.9 Å². The number of Topliss-reactive ketones (excluding diaryl/α,β-unsaturated/α-hetero) is 1. The third kappa shape index (κ3) is 2.54. The Morgan fingerprint density at radius 1 is 1.54 bits per heavy atom. The van der Waals surface area contributed by atoms with Gasteiger partial charge >= 0.3 is 0 Å². The molecule has 3 N–H and O–H groups in total. The van der Waals surface area contributed by atoms with Crippen LogP contribution >= 0.6 is 15.9 Å². The fourth-order valence-electron chi connectivity index (χ4n) is 0.997. The van der Waals surface area contributed by atoms with E-state index >= 15 is 0 Å². The summed E-state index contributed by atoms with van der Waals surface area (Å²) in [6, 6.07) is 4.75. The van der Waals surface area contributed by atoms with E-state index in [4.69, 9.17) is 5.73 Å². The van der Waals surface area contributed by atoms with Gasteiger partial charge in [0, 0.05) is 10.9 Å².